The molecule has 0 atom stereocenters. The van der Waals surface area contributed by atoms with Gasteiger partial charge in [0.15, 0.2) is 0 Å². The second-order valence-corrected chi connectivity index (χ2v) is 3.82. The summed E-state index contributed by atoms with van der Waals surface area (Å²) in [6.45, 7) is 0.222. The molecule has 1 aromatic heterocycles. The molecular formula is C12H9ClF2N2. The molecule has 0 amide bonds. The van der Waals surface area contributed by atoms with Crippen molar-refractivity contribution in [3.63, 3.8) is 0 Å². The number of hydrogen-bond donors (Lipinski definition) is 1. The topological polar surface area (TPSA) is 24.9 Å². The van der Waals surface area contributed by atoms with Gasteiger partial charge in [0.2, 0.25) is 0 Å². The predicted molar refractivity (Wildman–Crippen MR) is 62.9 cm³/mol. The minimum absolute atomic E-state index is 0.222. The van der Waals surface area contributed by atoms with Gasteiger partial charge in [0.1, 0.15) is 22.6 Å². The van der Waals surface area contributed by atoms with E-state index in [4.69, 9.17) is 11.6 Å². The van der Waals surface area contributed by atoms with Crippen molar-refractivity contribution in [1.29, 1.82) is 0 Å². The summed E-state index contributed by atoms with van der Waals surface area (Å²) in [5.41, 5.74) is 0.369. The van der Waals surface area contributed by atoms with Crippen molar-refractivity contribution >= 4 is 17.4 Å². The number of nitrogens with one attached hydrogen (secondary N) is 1. The molecule has 0 aliphatic heterocycles. The molecule has 1 aromatic carbocycles. The zero-order valence-corrected chi connectivity index (χ0v) is 9.51. The Bertz CT molecular complexity index is 532. The Labute approximate surface area is 102 Å². The van der Waals surface area contributed by atoms with Gasteiger partial charge in [-0.3, -0.25) is 0 Å². The molecule has 2 nitrogen and oxygen atoms in total. The molecule has 0 bridgehead atoms. The molecule has 0 saturated heterocycles. The largest absolute Gasteiger partial charge is 0.366 e. The number of aromatic nitrogens is 1. The summed E-state index contributed by atoms with van der Waals surface area (Å²) in [5.74, 6) is -0.632. The maximum absolute atomic E-state index is 13.3. The highest BCUT2D eigenvalue weighted by Crippen LogP contribution is 2.13. The van der Waals surface area contributed by atoms with Crippen LogP contribution in [0.3, 0.4) is 0 Å². The molecule has 0 aliphatic rings. The van der Waals surface area contributed by atoms with Crippen molar-refractivity contribution in [3.8, 4) is 0 Å². The van der Waals surface area contributed by atoms with Gasteiger partial charge < -0.3 is 5.32 Å². The van der Waals surface area contributed by atoms with Crippen molar-refractivity contribution < 1.29 is 8.78 Å². The Morgan fingerprint density at radius 3 is 2.71 bits per heavy atom. The highest BCUT2D eigenvalue weighted by molar-refractivity contribution is 6.29. The third-order valence-corrected chi connectivity index (χ3v) is 2.40. The fourth-order valence-corrected chi connectivity index (χ4v) is 1.52. The summed E-state index contributed by atoms with van der Waals surface area (Å²) in [6.07, 6.45) is 0. The summed E-state index contributed by atoms with van der Waals surface area (Å²) < 4.78 is 26.0. The SMILES string of the molecule is Fc1ccc(CNc2cccc(Cl)n2)c(F)c1. The van der Waals surface area contributed by atoms with E-state index in [1.165, 1.54) is 12.1 Å². The summed E-state index contributed by atoms with van der Waals surface area (Å²) in [5, 5.41) is 3.26. The minimum Gasteiger partial charge on any atom is -0.366 e. The summed E-state index contributed by atoms with van der Waals surface area (Å²) >= 11 is 5.70. The van der Waals surface area contributed by atoms with Crippen molar-refractivity contribution in [3.05, 3.63) is 58.7 Å². The van der Waals surface area contributed by atoms with Gasteiger partial charge in [-0.2, -0.15) is 0 Å². The summed E-state index contributed by atoms with van der Waals surface area (Å²) in [7, 11) is 0. The first-order chi connectivity index (χ1) is 8.15. The second kappa shape index (κ2) is 5.10. The second-order valence-electron chi connectivity index (χ2n) is 3.43. The van der Waals surface area contributed by atoms with E-state index in [2.05, 4.69) is 10.3 Å². The lowest BCUT2D eigenvalue weighted by atomic mass is 10.2. The number of anilines is 1. The minimum atomic E-state index is -0.591. The lowest BCUT2D eigenvalue weighted by molar-refractivity contribution is 0.574. The normalized spacial score (nSPS) is 10.3. The molecule has 5 heteroatoms. The van der Waals surface area contributed by atoms with Crippen LogP contribution in [0.25, 0.3) is 0 Å². The Hall–Kier alpha value is -1.68. The lowest BCUT2D eigenvalue weighted by Crippen LogP contribution is -2.03. The predicted octanol–water partition coefficient (Wildman–Crippen LogP) is 3.63. The highest BCUT2D eigenvalue weighted by atomic mass is 35.5. The van der Waals surface area contributed by atoms with Crippen LogP contribution in [-0.2, 0) is 6.54 Å². The van der Waals surface area contributed by atoms with Crippen LogP contribution in [0.15, 0.2) is 36.4 Å². The first kappa shape index (κ1) is 11.8. The van der Waals surface area contributed by atoms with Crippen molar-refractivity contribution in [2.24, 2.45) is 0 Å². The molecule has 0 spiro atoms. The van der Waals surface area contributed by atoms with E-state index in [1.54, 1.807) is 18.2 Å². The zero-order valence-electron chi connectivity index (χ0n) is 8.75. The molecule has 0 unspecified atom stereocenters. The Morgan fingerprint density at radius 2 is 2.00 bits per heavy atom. The molecule has 0 fully saturated rings. The molecular weight excluding hydrogens is 246 g/mol. The van der Waals surface area contributed by atoms with Gasteiger partial charge in [-0.15, -0.1) is 0 Å². The van der Waals surface area contributed by atoms with Crippen LogP contribution in [0, 0.1) is 11.6 Å². The number of nitrogens with zero attached hydrogens (tertiary/aromatic N) is 1. The van der Waals surface area contributed by atoms with Crippen LogP contribution in [0.4, 0.5) is 14.6 Å². The van der Waals surface area contributed by atoms with Gasteiger partial charge in [0.05, 0.1) is 0 Å². The number of benzene rings is 1. The van der Waals surface area contributed by atoms with Crippen LogP contribution < -0.4 is 5.32 Å². The maximum Gasteiger partial charge on any atom is 0.131 e. The molecule has 0 aliphatic carbocycles. The molecule has 2 aromatic rings. The number of hydrogen-bond acceptors (Lipinski definition) is 2. The van der Waals surface area contributed by atoms with Crippen LogP contribution >= 0.6 is 11.6 Å². The van der Waals surface area contributed by atoms with E-state index in [0.29, 0.717) is 16.5 Å². The molecule has 0 saturated carbocycles. The van der Waals surface area contributed by atoms with Crippen LogP contribution in [0.1, 0.15) is 5.56 Å². The molecule has 2 rings (SSSR count). The average molecular weight is 255 g/mol. The molecule has 1 heterocycles. The van der Waals surface area contributed by atoms with Gasteiger partial charge in [-0.25, -0.2) is 13.8 Å². The van der Waals surface area contributed by atoms with E-state index >= 15 is 0 Å². The van der Waals surface area contributed by atoms with Crippen LogP contribution in [0.2, 0.25) is 5.15 Å². The maximum atomic E-state index is 13.3. The average Bonchev–Trinajstić information content (AvgIpc) is 2.28. The highest BCUT2D eigenvalue weighted by Gasteiger charge is 2.03. The van der Waals surface area contributed by atoms with E-state index < -0.39 is 11.6 Å². The zero-order chi connectivity index (χ0) is 12.3. The first-order valence-corrected chi connectivity index (χ1v) is 5.33. The Kier molecular flexibility index (Phi) is 3.54. The first-order valence-electron chi connectivity index (χ1n) is 4.95. The Balaban J connectivity index is 2.07. The van der Waals surface area contributed by atoms with Crippen molar-refractivity contribution in [1.82, 2.24) is 4.98 Å². The van der Waals surface area contributed by atoms with E-state index in [9.17, 15) is 8.78 Å². The molecule has 0 radical (unpaired) electrons. The van der Waals surface area contributed by atoms with Gasteiger partial charge in [-0.1, -0.05) is 23.7 Å². The van der Waals surface area contributed by atoms with E-state index in [1.807, 2.05) is 0 Å². The number of halogens is 3. The fraction of sp³-hybridized carbons (Fsp3) is 0.0833. The van der Waals surface area contributed by atoms with E-state index in [0.717, 1.165) is 6.07 Å². The van der Waals surface area contributed by atoms with Crippen LogP contribution in [-0.4, -0.2) is 4.98 Å². The van der Waals surface area contributed by atoms with Crippen molar-refractivity contribution in [2.75, 3.05) is 5.32 Å². The van der Waals surface area contributed by atoms with Crippen LogP contribution in [0.5, 0.6) is 0 Å². The van der Waals surface area contributed by atoms with Gasteiger partial charge in [0, 0.05) is 18.2 Å². The smallest absolute Gasteiger partial charge is 0.131 e. The summed E-state index contributed by atoms with van der Waals surface area (Å²) in [6, 6.07) is 8.55. The standard InChI is InChI=1S/C12H9ClF2N2/c13-11-2-1-3-12(17-11)16-7-8-4-5-9(14)6-10(8)15/h1-6H,7H2,(H,16,17). The number of pyridine rings is 1. The monoisotopic (exact) mass is 254 g/mol. The van der Waals surface area contributed by atoms with Gasteiger partial charge in [-0.05, 0) is 18.2 Å². The molecule has 88 valence electrons. The van der Waals surface area contributed by atoms with E-state index in [-0.39, 0.29) is 6.54 Å². The summed E-state index contributed by atoms with van der Waals surface area (Å²) in [4.78, 5) is 3.99. The third-order valence-electron chi connectivity index (χ3n) is 2.19. The fourth-order valence-electron chi connectivity index (χ4n) is 1.36. The van der Waals surface area contributed by atoms with Gasteiger partial charge >= 0.3 is 0 Å². The van der Waals surface area contributed by atoms with Gasteiger partial charge in [0.25, 0.3) is 0 Å². The van der Waals surface area contributed by atoms with Crippen molar-refractivity contribution in [2.45, 2.75) is 6.54 Å². The number of rotatable bonds is 3. The molecule has 1 N–H and O–H groups in total. The third kappa shape index (κ3) is 3.14. The molecule has 17 heavy (non-hydrogen) atoms. The lowest BCUT2D eigenvalue weighted by Gasteiger charge is -2.06. The quantitative estimate of drug-likeness (QED) is 0.846. The Morgan fingerprint density at radius 1 is 1.18 bits per heavy atom.